The van der Waals surface area contributed by atoms with Crippen molar-refractivity contribution in [3.05, 3.63) is 18.2 Å². The zero-order valence-electron chi connectivity index (χ0n) is 17.2. The topological polar surface area (TPSA) is 205 Å². The van der Waals surface area contributed by atoms with Crippen molar-refractivity contribution in [3.63, 3.8) is 0 Å². The number of aliphatic carboxylic acids is 1. The van der Waals surface area contributed by atoms with E-state index in [1.54, 1.807) is 0 Å². The molecule has 0 aliphatic carbocycles. The Morgan fingerprint density at radius 1 is 1.07 bits per heavy atom. The minimum absolute atomic E-state index is 0.00535. The van der Waals surface area contributed by atoms with Crippen molar-refractivity contribution in [2.45, 2.75) is 63.7 Å². The molecule has 168 valence electrons. The van der Waals surface area contributed by atoms with Crippen LogP contribution in [0.15, 0.2) is 12.5 Å². The Balaban J connectivity index is 2.80. The van der Waals surface area contributed by atoms with Gasteiger partial charge in [0.1, 0.15) is 18.1 Å². The van der Waals surface area contributed by atoms with Crippen molar-refractivity contribution in [1.29, 1.82) is 0 Å². The van der Waals surface area contributed by atoms with Gasteiger partial charge in [-0.15, -0.1) is 0 Å². The number of rotatable bonds is 13. The summed E-state index contributed by atoms with van der Waals surface area (Å²) in [5.74, 6) is -2.95. The van der Waals surface area contributed by atoms with Crippen LogP contribution in [-0.4, -0.2) is 69.5 Å². The number of nitrogens with one attached hydrogen (secondary N) is 4. The number of carbonyl (C=O) groups is 4. The first-order chi connectivity index (χ1) is 14.1. The number of hydrogen-bond donors (Lipinski definition) is 7. The molecule has 3 amide bonds. The molecule has 4 atom stereocenters. The molecule has 1 rings (SSSR count). The first-order valence-electron chi connectivity index (χ1n) is 9.72. The van der Waals surface area contributed by atoms with Gasteiger partial charge in [-0.2, -0.15) is 0 Å². The average molecular weight is 425 g/mol. The summed E-state index contributed by atoms with van der Waals surface area (Å²) in [6.07, 6.45) is 4.32. The molecule has 0 radical (unpaired) electrons. The molecule has 12 nitrogen and oxygen atoms in total. The van der Waals surface area contributed by atoms with E-state index in [0.29, 0.717) is 25.1 Å². The van der Waals surface area contributed by atoms with E-state index in [-0.39, 0.29) is 12.8 Å². The largest absolute Gasteiger partial charge is 0.480 e. The Hall–Kier alpha value is -2.99. The van der Waals surface area contributed by atoms with E-state index in [4.69, 9.17) is 11.5 Å². The molecule has 0 fully saturated rings. The van der Waals surface area contributed by atoms with Crippen LogP contribution in [0, 0.1) is 0 Å². The second kappa shape index (κ2) is 12.5. The summed E-state index contributed by atoms with van der Waals surface area (Å²) >= 11 is 0. The number of nitrogens with two attached hydrogens (primary N) is 2. The predicted octanol–water partition coefficient (Wildman–Crippen LogP) is -2.01. The molecule has 12 heteroatoms. The van der Waals surface area contributed by atoms with Crippen LogP contribution in [0.25, 0.3) is 0 Å². The van der Waals surface area contributed by atoms with E-state index >= 15 is 0 Å². The van der Waals surface area contributed by atoms with Gasteiger partial charge in [-0.05, 0) is 39.7 Å². The van der Waals surface area contributed by atoms with Crippen LogP contribution in [0.3, 0.4) is 0 Å². The number of H-pyrrole nitrogens is 1. The van der Waals surface area contributed by atoms with Crippen LogP contribution in [0.2, 0.25) is 0 Å². The molecule has 0 spiro atoms. The second-order valence-electron chi connectivity index (χ2n) is 7.04. The monoisotopic (exact) mass is 425 g/mol. The number of carboxylic acid groups (broad SMARTS) is 1. The third-order valence-electron chi connectivity index (χ3n) is 4.34. The van der Waals surface area contributed by atoms with Gasteiger partial charge in [0.05, 0.1) is 12.4 Å². The van der Waals surface area contributed by atoms with Crippen molar-refractivity contribution in [2.75, 3.05) is 6.54 Å². The van der Waals surface area contributed by atoms with Crippen molar-refractivity contribution in [2.24, 2.45) is 11.5 Å². The van der Waals surface area contributed by atoms with E-state index < -0.39 is 47.9 Å². The average Bonchev–Trinajstić information content (AvgIpc) is 3.19. The molecular weight excluding hydrogens is 394 g/mol. The molecule has 0 aliphatic rings. The predicted molar refractivity (Wildman–Crippen MR) is 108 cm³/mol. The lowest BCUT2D eigenvalue weighted by Gasteiger charge is -2.23. The molecule has 1 aromatic rings. The normalized spacial score (nSPS) is 14.8. The number of hydrogen-bond acceptors (Lipinski definition) is 7. The quantitative estimate of drug-likeness (QED) is 0.175. The Kier molecular flexibility index (Phi) is 10.5. The lowest BCUT2D eigenvalue weighted by Crippen LogP contribution is -2.56. The van der Waals surface area contributed by atoms with Crippen LogP contribution in [0.1, 0.15) is 38.8 Å². The van der Waals surface area contributed by atoms with Gasteiger partial charge in [0.25, 0.3) is 0 Å². The summed E-state index contributed by atoms with van der Waals surface area (Å²) in [4.78, 5) is 55.0. The van der Waals surface area contributed by atoms with Gasteiger partial charge >= 0.3 is 5.97 Å². The summed E-state index contributed by atoms with van der Waals surface area (Å²) in [5, 5.41) is 16.9. The van der Waals surface area contributed by atoms with Gasteiger partial charge in [0.2, 0.25) is 17.7 Å². The molecule has 0 saturated heterocycles. The summed E-state index contributed by atoms with van der Waals surface area (Å²) in [7, 11) is 0. The number of amides is 3. The number of unbranched alkanes of at least 4 members (excludes halogenated alkanes) is 1. The minimum Gasteiger partial charge on any atom is -0.480 e. The first kappa shape index (κ1) is 25.0. The number of aromatic nitrogens is 2. The lowest BCUT2D eigenvalue weighted by atomic mass is 10.1. The molecule has 9 N–H and O–H groups in total. The number of nitrogens with zero attached hydrogens (tertiary/aromatic N) is 1. The molecule has 0 bridgehead atoms. The van der Waals surface area contributed by atoms with Crippen molar-refractivity contribution in [3.8, 4) is 0 Å². The van der Waals surface area contributed by atoms with E-state index in [9.17, 15) is 24.3 Å². The maximum absolute atomic E-state index is 12.7. The van der Waals surface area contributed by atoms with Gasteiger partial charge in [-0.3, -0.25) is 14.4 Å². The molecule has 4 unspecified atom stereocenters. The third-order valence-corrected chi connectivity index (χ3v) is 4.34. The van der Waals surface area contributed by atoms with Crippen molar-refractivity contribution < 1.29 is 24.3 Å². The SMILES string of the molecule is CC(N)C(=O)NC(C)C(=O)NC(CCCCN)C(=O)NC(Cc1cnc[nH]1)C(=O)O. The molecule has 1 aromatic heterocycles. The Morgan fingerprint density at radius 3 is 2.27 bits per heavy atom. The highest BCUT2D eigenvalue weighted by molar-refractivity contribution is 5.93. The van der Waals surface area contributed by atoms with Gasteiger partial charge in [-0.1, -0.05) is 0 Å². The van der Waals surface area contributed by atoms with Crippen molar-refractivity contribution in [1.82, 2.24) is 25.9 Å². The van der Waals surface area contributed by atoms with Gasteiger partial charge < -0.3 is 37.5 Å². The fraction of sp³-hybridized carbons (Fsp3) is 0.611. The van der Waals surface area contributed by atoms with Crippen LogP contribution >= 0.6 is 0 Å². The van der Waals surface area contributed by atoms with Gasteiger partial charge in [0.15, 0.2) is 0 Å². The van der Waals surface area contributed by atoms with Crippen LogP contribution in [-0.2, 0) is 25.6 Å². The zero-order chi connectivity index (χ0) is 22.7. The fourth-order valence-electron chi connectivity index (χ4n) is 2.56. The zero-order valence-corrected chi connectivity index (χ0v) is 17.2. The maximum Gasteiger partial charge on any atom is 0.326 e. The standard InChI is InChI=1S/C18H31N7O5/c1-10(20)15(26)23-11(2)16(27)24-13(5-3-4-6-19)17(28)25-14(18(29)30)7-12-8-21-9-22-12/h8-11,13-14H,3-7,19-20H2,1-2H3,(H,21,22)(H,23,26)(H,24,27)(H,25,28)(H,29,30). The fourth-order valence-corrected chi connectivity index (χ4v) is 2.56. The number of carbonyl (C=O) groups excluding carboxylic acids is 3. The summed E-state index contributed by atoms with van der Waals surface area (Å²) in [5.41, 5.74) is 11.5. The Labute approximate surface area is 174 Å². The highest BCUT2D eigenvalue weighted by atomic mass is 16.4. The Morgan fingerprint density at radius 2 is 1.73 bits per heavy atom. The van der Waals surface area contributed by atoms with Crippen LogP contribution in [0.4, 0.5) is 0 Å². The number of carboxylic acids is 1. The molecule has 0 aliphatic heterocycles. The van der Waals surface area contributed by atoms with Gasteiger partial charge in [-0.25, -0.2) is 9.78 Å². The highest BCUT2D eigenvalue weighted by Crippen LogP contribution is 2.05. The van der Waals surface area contributed by atoms with Crippen LogP contribution < -0.4 is 27.4 Å². The van der Waals surface area contributed by atoms with E-state index in [1.165, 1.54) is 26.4 Å². The molecular formula is C18H31N7O5. The molecule has 30 heavy (non-hydrogen) atoms. The maximum atomic E-state index is 12.7. The molecule has 0 saturated carbocycles. The lowest BCUT2D eigenvalue weighted by molar-refractivity contribution is -0.142. The van der Waals surface area contributed by atoms with E-state index in [1.807, 2.05) is 0 Å². The van der Waals surface area contributed by atoms with Gasteiger partial charge in [0, 0.05) is 18.3 Å². The molecule has 0 aromatic carbocycles. The number of imidazole rings is 1. The summed E-state index contributed by atoms with van der Waals surface area (Å²) in [6, 6.07) is -3.90. The first-order valence-corrected chi connectivity index (χ1v) is 9.72. The minimum atomic E-state index is -1.22. The Bertz CT molecular complexity index is 708. The highest BCUT2D eigenvalue weighted by Gasteiger charge is 2.28. The van der Waals surface area contributed by atoms with Crippen LogP contribution in [0.5, 0.6) is 0 Å². The smallest absolute Gasteiger partial charge is 0.326 e. The number of aromatic amines is 1. The third kappa shape index (κ3) is 8.57. The summed E-state index contributed by atoms with van der Waals surface area (Å²) in [6.45, 7) is 3.36. The summed E-state index contributed by atoms with van der Waals surface area (Å²) < 4.78 is 0. The van der Waals surface area contributed by atoms with E-state index in [0.717, 1.165) is 0 Å². The van der Waals surface area contributed by atoms with Crippen molar-refractivity contribution >= 4 is 23.7 Å². The van der Waals surface area contributed by atoms with E-state index in [2.05, 4.69) is 25.9 Å². The second-order valence-corrected chi connectivity index (χ2v) is 7.04. The molecule has 1 heterocycles.